The number of sulfonamides is 1. The molecule has 16 heavy (non-hydrogen) atoms. The van der Waals surface area contributed by atoms with Gasteiger partial charge in [-0.2, -0.15) is 4.31 Å². The van der Waals surface area contributed by atoms with Gasteiger partial charge in [0.15, 0.2) is 9.84 Å². The summed E-state index contributed by atoms with van der Waals surface area (Å²) in [6.45, 7) is 1.94. The lowest BCUT2D eigenvalue weighted by atomic mass is 10.3. The fourth-order valence-corrected chi connectivity index (χ4v) is 4.87. The molecule has 0 radical (unpaired) electrons. The Labute approximate surface area is 96.8 Å². The maximum atomic E-state index is 12.0. The molecule has 0 bridgehead atoms. The number of hydrogen-bond donors (Lipinski definition) is 1. The maximum Gasteiger partial charge on any atom is 0.218 e. The second kappa shape index (κ2) is 4.99. The highest BCUT2D eigenvalue weighted by atomic mass is 32.2. The van der Waals surface area contributed by atoms with Crippen LogP contribution in [0.3, 0.4) is 0 Å². The lowest BCUT2D eigenvalue weighted by molar-refractivity contribution is 0.421. The molecule has 0 amide bonds. The Bertz CT molecular complexity index is 411. The zero-order chi connectivity index (χ0) is 12.4. The Balaban J connectivity index is 2.80. The van der Waals surface area contributed by atoms with E-state index in [1.165, 1.54) is 4.31 Å². The maximum absolute atomic E-state index is 12.0. The summed E-state index contributed by atoms with van der Waals surface area (Å²) in [6, 6.07) is 0. The standard InChI is InChI=1S/C8H18N2O4S2/c1-2-8(7-9)16(13,14)10-3-5-15(11,12)6-4-10/h8H,2-7,9H2,1H3. The lowest BCUT2D eigenvalue weighted by Gasteiger charge is -2.29. The number of sulfone groups is 1. The third-order valence-electron chi connectivity index (χ3n) is 2.80. The van der Waals surface area contributed by atoms with Gasteiger partial charge in [-0.25, -0.2) is 16.8 Å². The number of rotatable bonds is 4. The van der Waals surface area contributed by atoms with E-state index in [2.05, 4.69) is 0 Å². The Morgan fingerprint density at radius 3 is 2.19 bits per heavy atom. The van der Waals surface area contributed by atoms with Crippen molar-refractivity contribution in [2.24, 2.45) is 5.73 Å². The highest BCUT2D eigenvalue weighted by molar-refractivity contribution is 7.92. The van der Waals surface area contributed by atoms with E-state index in [1.54, 1.807) is 6.92 Å². The van der Waals surface area contributed by atoms with Gasteiger partial charge in [0, 0.05) is 19.6 Å². The summed E-state index contributed by atoms with van der Waals surface area (Å²) in [5, 5.41) is -0.603. The van der Waals surface area contributed by atoms with E-state index in [-0.39, 0.29) is 31.1 Å². The molecule has 1 heterocycles. The van der Waals surface area contributed by atoms with Gasteiger partial charge in [0.05, 0.1) is 16.8 Å². The summed E-state index contributed by atoms with van der Waals surface area (Å²) in [6.07, 6.45) is 0.447. The van der Waals surface area contributed by atoms with Crippen molar-refractivity contribution in [2.45, 2.75) is 18.6 Å². The number of nitrogens with two attached hydrogens (primary N) is 1. The van der Waals surface area contributed by atoms with Crippen LogP contribution < -0.4 is 5.73 Å². The molecule has 0 aromatic heterocycles. The van der Waals surface area contributed by atoms with Crippen LogP contribution in [0.25, 0.3) is 0 Å². The molecule has 1 aliphatic heterocycles. The molecule has 8 heteroatoms. The van der Waals surface area contributed by atoms with Crippen molar-refractivity contribution in [3.8, 4) is 0 Å². The van der Waals surface area contributed by atoms with E-state index in [0.29, 0.717) is 6.42 Å². The quantitative estimate of drug-likeness (QED) is 0.691. The van der Waals surface area contributed by atoms with Crippen LogP contribution in [0, 0.1) is 0 Å². The molecule has 1 saturated heterocycles. The number of nitrogens with zero attached hydrogens (tertiary/aromatic N) is 1. The van der Waals surface area contributed by atoms with Gasteiger partial charge in [0.1, 0.15) is 0 Å². The van der Waals surface area contributed by atoms with Crippen molar-refractivity contribution >= 4 is 19.9 Å². The molecular weight excluding hydrogens is 252 g/mol. The van der Waals surface area contributed by atoms with Crippen LogP contribution in [0.2, 0.25) is 0 Å². The molecule has 0 aromatic carbocycles. The van der Waals surface area contributed by atoms with Gasteiger partial charge in [-0.3, -0.25) is 0 Å². The second-order valence-electron chi connectivity index (χ2n) is 3.86. The van der Waals surface area contributed by atoms with Gasteiger partial charge in [-0.1, -0.05) is 6.92 Å². The molecule has 1 aliphatic rings. The SMILES string of the molecule is CCC(CN)S(=O)(=O)N1CCS(=O)(=O)CC1. The smallest absolute Gasteiger partial charge is 0.218 e. The van der Waals surface area contributed by atoms with Gasteiger partial charge in [-0.05, 0) is 6.42 Å². The molecule has 0 aromatic rings. The molecule has 2 N–H and O–H groups in total. The van der Waals surface area contributed by atoms with Crippen molar-refractivity contribution in [3.63, 3.8) is 0 Å². The van der Waals surface area contributed by atoms with Crippen molar-refractivity contribution in [1.29, 1.82) is 0 Å². The average Bonchev–Trinajstić information content (AvgIpc) is 2.18. The third kappa shape index (κ3) is 2.93. The van der Waals surface area contributed by atoms with Gasteiger partial charge in [0.2, 0.25) is 10.0 Å². The van der Waals surface area contributed by atoms with Crippen molar-refractivity contribution < 1.29 is 16.8 Å². The van der Waals surface area contributed by atoms with Gasteiger partial charge in [-0.15, -0.1) is 0 Å². The van der Waals surface area contributed by atoms with Crippen LogP contribution in [0.1, 0.15) is 13.3 Å². The summed E-state index contributed by atoms with van der Waals surface area (Å²) in [7, 11) is -6.48. The zero-order valence-corrected chi connectivity index (χ0v) is 10.9. The van der Waals surface area contributed by atoms with Crippen LogP contribution in [-0.2, 0) is 19.9 Å². The minimum Gasteiger partial charge on any atom is -0.329 e. The highest BCUT2D eigenvalue weighted by Gasteiger charge is 2.34. The molecule has 1 rings (SSSR count). The first-order valence-electron chi connectivity index (χ1n) is 5.23. The Hall–Kier alpha value is -0.180. The summed E-state index contributed by atoms with van der Waals surface area (Å²) < 4.78 is 47.6. The van der Waals surface area contributed by atoms with Crippen molar-refractivity contribution in [3.05, 3.63) is 0 Å². The normalized spacial score (nSPS) is 24.1. The molecule has 0 saturated carbocycles. The summed E-state index contributed by atoms with van der Waals surface area (Å²) >= 11 is 0. The van der Waals surface area contributed by atoms with E-state index in [0.717, 1.165) is 0 Å². The first-order chi connectivity index (χ1) is 7.33. The van der Waals surface area contributed by atoms with E-state index in [9.17, 15) is 16.8 Å². The molecule has 6 nitrogen and oxygen atoms in total. The van der Waals surface area contributed by atoms with Crippen LogP contribution in [-0.4, -0.2) is 57.5 Å². The van der Waals surface area contributed by atoms with Gasteiger partial charge in [0.25, 0.3) is 0 Å². The average molecular weight is 270 g/mol. The Morgan fingerprint density at radius 1 is 1.31 bits per heavy atom. The number of hydrogen-bond acceptors (Lipinski definition) is 5. The summed E-state index contributed by atoms with van der Waals surface area (Å²) in [4.78, 5) is 0. The van der Waals surface area contributed by atoms with E-state index < -0.39 is 25.1 Å². The van der Waals surface area contributed by atoms with Gasteiger partial charge >= 0.3 is 0 Å². The monoisotopic (exact) mass is 270 g/mol. The highest BCUT2D eigenvalue weighted by Crippen LogP contribution is 2.15. The van der Waals surface area contributed by atoms with E-state index in [4.69, 9.17) is 5.73 Å². The van der Waals surface area contributed by atoms with Crippen molar-refractivity contribution in [1.82, 2.24) is 4.31 Å². The third-order valence-corrected chi connectivity index (χ3v) is 6.87. The van der Waals surface area contributed by atoms with Crippen LogP contribution >= 0.6 is 0 Å². The van der Waals surface area contributed by atoms with E-state index >= 15 is 0 Å². The molecule has 1 atom stereocenters. The minimum absolute atomic E-state index is 0.0567. The molecule has 96 valence electrons. The summed E-state index contributed by atoms with van der Waals surface area (Å²) in [5.74, 6) is -0.180. The Kier molecular flexibility index (Phi) is 4.33. The molecule has 0 aliphatic carbocycles. The second-order valence-corrected chi connectivity index (χ2v) is 8.38. The predicted octanol–water partition coefficient (Wildman–Crippen LogP) is -1.22. The fourth-order valence-electron chi connectivity index (χ4n) is 1.66. The fraction of sp³-hybridized carbons (Fsp3) is 1.00. The minimum atomic E-state index is -3.43. The summed E-state index contributed by atoms with van der Waals surface area (Å²) in [5.41, 5.74) is 5.41. The molecular formula is C8H18N2O4S2. The van der Waals surface area contributed by atoms with Gasteiger partial charge < -0.3 is 5.73 Å². The molecule has 1 unspecified atom stereocenters. The van der Waals surface area contributed by atoms with Crippen LogP contribution in [0.4, 0.5) is 0 Å². The van der Waals surface area contributed by atoms with Crippen molar-refractivity contribution in [2.75, 3.05) is 31.1 Å². The largest absolute Gasteiger partial charge is 0.329 e. The predicted molar refractivity (Wildman–Crippen MR) is 62.3 cm³/mol. The molecule has 0 spiro atoms. The first kappa shape index (κ1) is 13.9. The zero-order valence-electron chi connectivity index (χ0n) is 9.29. The topological polar surface area (TPSA) is 97.5 Å². The Morgan fingerprint density at radius 2 is 1.81 bits per heavy atom. The van der Waals surface area contributed by atoms with Crippen LogP contribution in [0.15, 0.2) is 0 Å². The lowest BCUT2D eigenvalue weighted by Crippen LogP contribution is -2.48. The van der Waals surface area contributed by atoms with E-state index in [1.807, 2.05) is 0 Å². The molecule has 1 fully saturated rings. The van der Waals surface area contributed by atoms with Crippen LogP contribution in [0.5, 0.6) is 0 Å². The first-order valence-corrected chi connectivity index (χ1v) is 8.55.